The van der Waals surface area contributed by atoms with Crippen molar-refractivity contribution in [2.45, 2.75) is 72.1 Å². The molecule has 0 aromatic carbocycles. The van der Waals surface area contributed by atoms with E-state index in [0.29, 0.717) is 48.6 Å². The predicted octanol–water partition coefficient (Wildman–Crippen LogP) is 3.98. The Balaban J connectivity index is 1.68. The molecule has 4 fully saturated rings. The Morgan fingerprint density at radius 3 is 2.38 bits per heavy atom. The number of carbonyl (C=O) groups excluding carboxylic acids is 3. The van der Waals surface area contributed by atoms with Crippen LogP contribution >= 0.6 is 0 Å². The fourth-order valence-electron chi connectivity index (χ4n) is 7.50. The first-order chi connectivity index (χ1) is 11.3. The summed E-state index contributed by atoms with van der Waals surface area (Å²) in [5, 5.41) is 0. The third-order valence-electron chi connectivity index (χ3n) is 8.77. The van der Waals surface area contributed by atoms with Crippen molar-refractivity contribution < 1.29 is 14.4 Å². The number of rotatable bonds is 1. The molecule has 0 radical (unpaired) electrons. The van der Waals surface area contributed by atoms with Crippen LogP contribution in [0.4, 0.5) is 0 Å². The van der Waals surface area contributed by atoms with Gasteiger partial charge < -0.3 is 0 Å². The zero-order valence-corrected chi connectivity index (χ0v) is 15.3. The summed E-state index contributed by atoms with van der Waals surface area (Å²) in [5.41, 5.74) is 0.116. The highest BCUT2D eigenvalue weighted by Crippen LogP contribution is 2.66. The van der Waals surface area contributed by atoms with E-state index in [4.69, 9.17) is 0 Å². The van der Waals surface area contributed by atoms with Gasteiger partial charge in [-0.2, -0.15) is 0 Å². The smallest absolute Gasteiger partial charge is 0.137 e. The van der Waals surface area contributed by atoms with Gasteiger partial charge in [-0.3, -0.25) is 14.4 Å². The van der Waals surface area contributed by atoms with Crippen LogP contribution in [0, 0.1) is 40.4 Å². The van der Waals surface area contributed by atoms with Gasteiger partial charge in [0.1, 0.15) is 17.3 Å². The minimum Gasteiger partial charge on any atom is -0.300 e. The molecule has 132 valence electrons. The van der Waals surface area contributed by atoms with Crippen LogP contribution in [0.3, 0.4) is 0 Å². The van der Waals surface area contributed by atoms with Crippen molar-refractivity contribution in [1.82, 2.24) is 0 Å². The Bertz CT molecular complexity index is 608. The second kappa shape index (κ2) is 5.25. The molecule has 3 heteroatoms. The summed E-state index contributed by atoms with van der Waals surface area (Å²) in [6.07, 6.45) is 7.05. The number of hydrogen-bond acceptors (Lipinski definition) is 3. The van der Waals surface area contributed by atoms with Gasteiger partial charge in [0.15, 0.2) is 0 Å². The SMILES string of the molecule is CC(=O)[C@H]1CC[C@H]2[C@@H]3CC(=O)[C@H]4CC(=O)CC[C@]4(C)[C@H]3CC[C@]12C. The molecule has 0 amide bonds. The Morgan fingerprint density at radius 2 is 1.67 bits per heavy atom. The number of fused-ring (bicyclic) bond motifs is 5. The third kappa shape index (κ3) is 2.05. The van der Waals surface area contributed by atoms with Gasteiger partial charge in [0.25, 0.3) is 0 Å². The second-order valence-electron chi connectivity index (χ2n) is 9.63. The highest BCUT2D eigenvalue weighted by Gasteiger charge is 2.62. The van der Waals surface area contributed by atoms with Gasteiger partial charge in [0.2, 0.25) is 0 Å². The quantitative estimate of drug-likeness (QED) is 0.730. The van der Waals surface area contributed by atoms with Crippen LogP contribution in [0.5, 0.6) is 0 Å². The van der Waals surface area contributed by atoms with Gasteiger partial charge in [-0.25, -0.2) is 0 Å². The zero-order valence-electron chi connectivity index (χ0n) is 15.3. The Morgan fingerprint density at radius 1 is 0.958 bits per heavy atom. The molecular formula is C21H30O3. The van der Waals surface area contributed by atoms with Crippen molar-refractivity contribution in [2.75, 3.05) is 0 Å². The number of carbonyl (C=O) groups is 3. The standard InChI is InChI=1S/C21H30O3/c1-12(22)15-4-5-16-14-11-19(24)18-10-13(23)6-8-21(18,3)17(14)7-9-20(15,16)2/h14-18H,4-11H2,1-3H3/t14-,15+,16-,17-,18+,20+,21+/m0/s1. The lowest BCUT2D eigenvalue weighted by molar-refractivity contribution is -0.159. The predicted molar refractivity (Wildman–Crippen MR) is 91.3 cm³/mol. The topological polar surface area (TPSA) is 51.2 Å². The Labute approximate surface area is 144 Å². The van der Waals surface area contributed by atoms with E-state index in [1.54, 1.807) is 6.92 Å². The first-order valence-electron chi connectivity index (χ1n) is 9.82. The molecule has 0 aromatic rings. The maximum absolute atomic E-state index is 12.9. The van der Waals surface area contributed by atoms with Gasteiger partial charge in [-0.15, -0.1) is 0 Å². The Hall–Kier alpha value is -0.990. The van der Waals surface area contributed by atoms with Crippen LogP contribution < -0.4 is 0 Å². The average molecular weight is 330 g/mol. The van der Waals surface area contributed by atoms with E-state index in [2.05, 4.69) is 13.8 Å². The molecule has 4 aliphatic rings. The first-order valence-corrected chi connectivity index (χ1v) is 9.82. The van der Waals surface area contributed by atoms with Gasteiger partial charge in [0.05, 0.1) is 0 Å². The van der Waals surface area contributed by atoms with Gasteiger partial charge in [0, 0.05) is 31.1 Å². The third-order valence-corrected chi connectivity index (χ3v) is 8.77. The molecule has 0 spiro atoms. The van der Waals surface area contributed by atoms with Gasteiger partial charge in [-0.05, 0) is 67.6 Å². The molecule has 0 aliphatic heterocycles. The minimum absolute atomic E-state index is 0.0174. The van der Waals surface area contributed by atoms with Crippen molar-refractivity contribution in [3.05, 3.63) is 0 Å². The fraction of sp³-hybridized carbons (Fsp3) is 0.857. The summed E-state index contributed by atoms with van der Waals surface area (Å²) >= 11 is 0. The van der Waals surface area contributed by atoms with E-state index >= 15 is 0 Å². The molecule has 4 rings (SSSR count). The van der Waals surface area contributed by atoms with Crippen LogP contribution in [0.2, 0.25) is 0 Å². The van der Waals surface area contributed by atoms with E-state index in [1.165, 1.54) is 0 Å². The highest BCUT2D eigenvalue weighted by atomic mass is 16.1. The van der Waals surface area contributed by atoms with E-state index < -0.39 is 0 Å². The van der Waals surface area contributed by atoms with Crippen LogP contribution in [0.15, 0.2) is 0 Å². The monoisotopic (exact) mass is 330 g/mol. The number of Topliss-reactive ketones (excluding diaryl/α,β-unsaturated/α-hetero) is 3. The summed E-state index contributed by atoms with van der Waals surface area (Å²) in [7, 11) is 0. The molecule has 4 aliphatic carbocycles. The summed E-state index contributed by atoms with van der Waals surface area (Å²) in [5.74, 6) is 2.64. The zero-order chi connectivity index (χ0) is 17.3. The van der Waals surface area contributed by atoms with Crippen LogP contribution in [0.1, 0.15) is 72.1 Å². The first kappa shape index (κ1) is 16.5. The summed E-state index contributed by atoms with van der Waals surface area (Å²) < 4.78 is 0. The molecule has 3 nitrogen and oxygen atoms in total. The van der Waals surface area contributed by atoms with Gasteiger partial charge >= 0.3 is 0 Å². The normalized spacial score (nSPS) is 50.9. The number of ketones is 3. The van der Waals surface area contributed by atoms with Crippen molar-refractivity contribution in [1.29, 1.82) is 0 Å². The van der Waals surface area contributed by atoms with Crippen molar-refractivity contribution in [3.63, 3.8) is 0 Å². The molecule has 0 heterocycles. The summed E-state index contributed by atoms with van der Waals surface area (Å²) in [6.45, 7) is 6.36. The maximum atomic E-state index is 12.9. The van der Waals surface area contributed by atoms with Crippen molar-refractivity contribution in [2.24, 2.45) is 40.4 Å². The number of hydrogen-bond donors (Lipinski definition) is 0. The van der Waals surface area contributed by atoms with E-state index in [0.717, 1.165) is 32.1 Å². The van der Waals surface area contributed by atoms with Crippen molar-refractivity contribution >= 4 is 17.3 Å². The molecule has 0 bridgehead atoms. The van der Waals surface area contributed by atoms with E-state index in [-0.39, 0.29) is 28.4 Å². The maximum Gasteiger partial charge on any atom is 0.137 e. The molecule has 0 unspecified atom stereocenters. The Kier molecular flexibility index (Phi) is 3.61. The van der Waals surface area contributed by atoms with Gasteiger partial charge in [-0.1, -0.05) is 13.8 Å². The lowest BCUT2D eigenvalue weighted by atomic mass is 9.44. The van der Waals surface area contributed by atoms with Crippen LogP contribution in [-0.4, -0.2) is 17.3 Å². The van der Waals surface area contributed by atoms with Crippen molar-refractivity contribution in [3.8, 4) is 0 Å². The minimum atomic E-state index is -0.0330. The molecule has 0 aromatic heterocycles. The summed E-state index contributed by atoms with van der Waals surface area (Å²) in [4.78, 5) is 37.0. The van der Waals surface area contributed by atoms with Crippen LogP contribution in [0.25, 0.3) is 0 Å². The summed E-state index contributed by atoms with van der Waals surface area (Å²) in [6, 6.07) is 0. The lowest BCUT2D eigenvalue weighted by Gasteiger charge is -2.59. The second-order valence-corrected chi connectivity index (χ2v) is 9.63. The lowest BCUT2D eigenvalue weighted by Crippen LogP contribution is -2.56. The molecule has 0 saturated heterocycles. The fourth-order valence-corrected chi connectivity index (χ4v) is 7.50. The van der Waals surface area contributed by atoms with E-state index in [9.17, 15) is 14.4 Å². The molecule has 4 saturated carbocycles. The molecule has 7 atom stereocenters. The van der Waals surface area contributed by atoms with E-state index in [1.807, 2.05) is 0 Å². The average Bonchev–Trinajstić information content (AvgIpc) is 2.87. The largest absolute Gasteiger partial charge is 0.300 e. The highest BCUT2D eigenvalue weighted by molar-refractivity contribution is 5.91. The molecule has 24 heavy (non-hydrogen) atoms. The molecular weight excluding hydrogens is 300 g/mol. The van der Waals surface area contributed by atoms with Crippen LogP contribution in [-0.2, 0) is 14.4 Å². The molecule has 0 N–H and O–H groups in total.